The Kier molecular flexibility index (Phi) is 5.26. The summed E-state index contributed by atoms with van der Waals surface area (Å²) in [4.78, 5) is 3.97. The van der Waals surface area contributed by atoms with E-state index >= 15 is 0 Å². The molecular formula is C45H33BN2. The van der Waals surface area contributed by atoms with Gasteiger partial charge in [-0.15, -0.1) is 0 Å². The molecule has 48 heavy (non-hydrogen) atoms. The number of rotatable bonds is 3. The molecule has 2 bridgehead atoms. The first-order chi connectivity index (χ1) is 23.7. The van der Waals surface area contributed by atoms with Crippen molar-refractivity contribution in [2.45, 2.75) is 32.6 Å². The number of hydrogen-bond acceptors (Lipinski definition) is 0. The molecule has 226 valence electrons. The summed E-state index contributed by atoms with van der Waals surface area (Å²) in [5, 5.41) is 9.17. The van der Waals surface area contributed by atoms with E-state index in [-0.39, 0.29) is 0 Å². The van der Waals surface area contributed by atoms with Crippen LogP contribution in [0.2, 0.25) is 0 Å². The molecule has 1 aliphatic carbocycles. The van der Waals surface area contributed by atoms with E-state index in [4.69, 9.17) is 0 Å². The molecule has 3 heteroatoms. The maximum absolute atomic E-state index is 3.97. The highest BCUT2D eigenvalue weighted by Crippen LogP contribution is 2.52. The van der Waals surface area contributed by atoms with E-state index in [2.05, 4.69) is 145 Å². The second-order valence-electron chi connectivity index (χ2n) is 14.1. The summed E-state index contributed by atoms with van der Waals surface area (Å²) in [5.41, 5.74) is 17.7. The third-order valence-electron chi connectivity index (χ3n) is 11.4. The van der Waals surface area contributed by atoms with Crippen molar-refractivity contribution in [2.75, 3.05) is 0 Å². The number of aromatic nitrogens is 2. The molecule has 1 N–H and O–H groups in total. The van der Waals surface area contributed by atoms with Gasteiger partial charge in [-0.2, -0.15) is 0 Å². The lowest BCUT2D eigenvalue weighted by atomic mass is 9.58. The van der Waals surface area contributed by atoms with Crippen molar-refractivity contribution in [1.82, 2.24) is 9.38 Å². The minimum Gasteiger partial charge on any atom is -0.354 e. The number of para-hydroxylation sites is 2. The number of H-pyrrole nitrogens is 1. The molecule has 3 aromatic heterocycles. The van der Waals surface area contributed by atoms with Crippen LogP contribution in [0.5, 0.6) is 0 Å². The Hall–Kier alpha value is -5.54. The largest absolute Gasteiger partial charge is 0.354 e. The highest BCUT2D eigenvalue weighted by Gasteiger charge is 2.35. The molecule has 0 unspecified atom stereocenters. The Labute approximate surface area is 279 Å². The number of aryl methyl sites for hydroxylation is 2. The number of benzene rings is 6. The number of fused-ring (bicyclic) bond motifs is 6. The highest BCUT2D eigenvalue weighted by molar-refractivity contribution is 6.74. The SMILES string of the molecule is Cc1ccccc1-c1c(C2CC2)c(-c2cccc3c2[nH]c2cc4ccccc4cc23)c2c3c1ccccc1c(C)n3c3c(cccc13)B2. The molecule has 0 spiro atoms. The van der Waals surface area contributed by atoms with E-state index in [1.54, 1.807) is 0 Å². The minimum absolute atomic E-state index is 0.536. The van der Waals surface area contributed by atoms with E-state index in [0.717, 1.165) is 7.28 Å². The fourth-order valence-electron chi connectivity index (χ4n) is 9.16. The molecule has 0 atom stereocenters. The van der Waals surface area contributed by atoms with E-state index in [9.17, 15) is 0 Å². The quantitative estimate of drug-likeness (QED) is 0.192. The number of nitrogens with zero attached hydrogens (tertiary/aromatic N) is 1. The van der Waals surface area contributed by atoms with Crippen molar-refractivity contribution < 1.29 is 0 Å². The van der Waals surface area contributed by atoms with E-state index in [1.807, 2.05) is 0 Å². The molecule has 6 aromatic carbocycles. The van der Waals surface area contributed by atoms with Crippen LogP contribution in [0, 0.1) is 13.8 Å². The monoisotopic (exact) mass is 612 g/mol. The van der Waals surface area contributed by atoms with Crippen molar-refractivity contribution >= 4 is 78.0 Å². The van der Waals surface area contributed by atoms with Crippen molar-refractivity contribution in [1.29, 1.82) is 0 Å². The van der Waals surface area contributed by atoms with Crippen LogP contribution in [0.1, 0.15) is 35.6 Å². The molecule has 1 aliphatic heterocycles. The zero-order chi connectivity index (χ0) is 31.7. The van der Waals surface area contributed by atoms with Gasteiger partial charge in [-0.05, 0) is 88.8 Å². The second-order valence-corrected chi connectivity index (χ2v) is 14.1. The Morgan fingerprint density at radius 2 is 1.29 bits per heavy atom. The zero-order valence-electron chi connectivity index (χ0n) is 27.2. The predicted molar refractivity (Wildman–Crippen MR) is 207 cm³/mol. The Morgan fingerprint density at radius 1 is 0.604 bits per heavy atom. The van der Waals surface area contributed by atoms with Crippen molar-refractivity contribution in [3.8, 4) is 22.3 Å². The maximum atomic E-state index is 3.97. The highest BCUT2D eigenvalue weighted by atomic mass is 14.9. The van der Waals surface area contributed by atoms with Gasteiger partial charge in [-0.1, -0.05) is 115 Å². The van der Waals surface area contributed by atoms with Crippen LogP contribution in [0.15, 0.2) is 121 Å². The van der Waals surface area contributed by atoms with Gasteiger partial charge in [0.15, 0.2) is 7.28 Å². The third kappa shape index (κ3) is 3.49. The van der Waals surface area contributed by atoms with Crippen LogP contribution in [0.4, 0.5) is 0 Å². The lowest BCUT2D eigenvalue weighted by Gasteiger charge is -2.27. The standard InChI is InChI=1S/C45H33BN2/c1-25-11-3-6-14-30(25)40-35-16-8-7-15-31-26(2)48-44-33(31)18-10-20-37(44)46-42(45(35)48)41(39(40)27-21-22-27)34-19-9-17-32-36-23-28-12-4-5-13-29(28)24-38(36)47-43(32)34/h3-20,23-24,27,46-47H,21-22H2,1-2H3. The molecule has 2 nitrogen and oxygen atoms in total. The summed E-state index contributed by atoms with van der Waals surface area (Å²) in [6, 6.07) is 45.6. The summed E-state index contributed by atoms with van der Waals surface area (Å²) in [7, 11) is 0.920. The smallest absolute Gasteiger partial charge is 0.198 e. The third-order valence-corrected chi connectivity index (χ3v) is 11.4. The van der Waals surface area contributed by atoms with E-state index < -0.39 is 0 Å². The lowest BCUT2D eigenvalue weighted by molar-refractivity contribution is 1.14. The number of hydrogen-bond donors (Lipinski definition) is 1. The zero-order valence-corrected chi connectivity index (χ0v) is 27.2. The van der Waals surface area contributed by atoms with Crippen LogP contribution < -0.4 is 10.9 Å². The van der Waals surface area contributed by atoms with E-state index in [0.29, 0.717) is 5.92 Å². The summed E-state index contributed by atoms with van der Waals surface area (Å²) >= 11 is 0. The number of nitrogens with one attached hydrogen (secondary N) is 1. The van der Waals surface area contributed by atoms with Crippen molar-refractivity contribution in [3.05, 3.63) is 138 Å². The van der Waals surface area contributed by atoms with Gasteiger partial charge in [-0.3, -0.25) is 0 Å². The fourth-order valence-corrected chi connectivity index (χ4v) is 9.16. The second kappa shape index (κ2) is 9.52. The molecule has 9 aromatic rings. The average molecular weight is 613 g/mol. The Bertz CT molecular complexity index is 2900. The van der Waals surface area contributed by atoms with Crippen LogP contribution in [0.25, 0.3) is 82.0 Å². The van der Waals surface area contributed by atoms with Gasteiger partial charge in [0.1, 0.15) is 0 Å². The first-order valence-corrected chi connectivity index (χ1v) is 17.4. The molecule has 1 fully saturated rings. The molecule has 11 rings (SSSR count). The topological polar surface area (TPSA) is 20.2 Å². The van der Waals surface area contributed by atoms with Crippen LogP contribution in [-0.2, 0) is 0 Å². The van der Waals surface area contributed by atoms with Gasteiger partial charge in [0.2, 0.25) is 0 Å². The Morgan fingerprint density at radius 3 is 2.12 bits per heavy atom. The first-order valence-electron chi connectivity index (χ1n) is 17.4. The van der Waals surface area contributed by atoms with Gasteiger partial charge in [0.25, 0.3) is 0 Å². The molecular weight excluding hydrogens is 579 g/mol. The average Bonchev–Trinajstić information content (AvgIpc) is 3.82. The van der Waals surface area contributed by atoms with Crippen LogP contribution >= 0.6 is 0 Å². The normalized spacial score (nSPS) is 14.0. The minimum atomic E-state index is 0.536. The fraction of sp³-hybridized carbons (Fsp3) is 0.111. The lowest BCUT2D eigenvalue weighted by Crippen LogP contribution is -2.35. The number of aromatic amines is 1. The van der Waals surface area contributed by atoms with Gasteiger partial charge in [0, 0.05) is 54.7 Å². The molecule has 1 saturated carbocycles. The maximum Gasteiger partial charge on any atom is 0.198 e. The van der Waals surface area contributed by atoms with Crippen LogP contribution in [-0.4, -0.2) is 16.7 Å². The molecule has 0 saturated heterocycles. The van der Waals surface area contributed by atoms with Crippen LogP contribution in [0.3, 0.4) is 0 Å². The van der Waals surface area contributed by atoms with Crippen molar-refractivity contribution in [2.24, 2.45) is 0 Å². The van der Waals surface area contributed by atoms with Gasteiger partial charge in [0.05, 0.1) is 5.52 Å². The van der Waals surface area contributed by atoms with E-state index in [1.165, 1.54) is 123 Å². The molecule has 2 aliphatic rings. The summed E-state index contributed by atoms with van der Waals surface area (Å²) in [6.07, 6.45) is 2.46. The summed E-state index contributed by atoms with van der Waals surface area (Å²) in [6.45, 7) is 4.60. The molecule has 0 amide bonds. The van der Waals surface area contributed by atoms with Gasteiger partial charge in [-0.25, -0.2) is 0 Å². The molecule has 0 radical (unpaired) electrons. The van der Waals surface area contributed by atoms with Gasteiger partial charge < -0.3 is 9.38 Å². The van der Waals surface area contributed by atoms with Crippen molar-refractivity contribution in [3.63, 3.8) is 0 Å². The molecule has 4 heterocycles. The summed E-state index contributed by atoms with van der Waals surface area (Å²) < 4.78 is 2.62. The predicted octanol–water partition coefficient (Wildman–Crippen LogP) is 10.1. The Balaban J connectivity index is 1.40. The summed E-state index contributed by atoms with van der Waals surface area (Å²) in [5.74, 6) is 0.536. The first kappa shape index (κ1) is 26.5. The van der Waals surface area contributed by atoms with Gasteiger partial charge >= 0.3 is 0 Å².